The number of aryl methyl sites for hydroxylation is 2. The first kappa shape index (κ1) is 33.3. The highest BCUT2D eigenvalue weighted by molar-refractivity contribution is 8.14. The van der Waals surface area contributed by atoms with Crippen LogP contribution in [-0.2, 0) is 14.1 Å². The van der Waals surface area contributed by atoms with Crippen molar-refractivity contribution in [2.24, 2.45) is 14.1 Å². The van der Waals surface area contributed by atoms with Gasteiger partial charge in [-0.25, -0.2) is 9.13 Å². The summed E-state index contributed by atoms with van der Waals surface area (Å²) in [6, 6.07) is 24.5. The number of allylic oxidation sites excluding steroid dienone is 4. The Morgan fingerprint density at radius 1 is 0.510 bits per heavy atom. The number of nitrogens with zero attached hydrogens (tertiary/aromatic N) is 2. The SMILES string of the molecule is C[n+]1ccc(C#CC23SC(c4ccccc4)=CC2=C2C(=C4C=C(c5ccccc5)SC43C#Cc3cc[n+](C)cc3)C(F)(F)C(F)(F)C2(F)F)cc1. The lowest BCUT2D eigenvalue weighted by molar-refractivity contribution is -0.671. The Labute approximate surface area is 299 Å². The summed E-state index contributed by atoms with van der Waals surface area (Å²) in [7, 11) is 3.65. The molecule has 0 amide bonds. The van der Waals surface area contributed by atoms with Gasteiger partial charge in [-0.05, 0) is 34.4 Å². The van der Waals surface area contributed by atoms with E-state index in [4.69, 9.17) is 0 Å². The van der Waals surface area contributed by atoms with E-state index in [-0.39, 0.29) is 0 Å². The first-order valence-electron chi connectivity index (χ1n) is 15.8. The van der Waals surface area contributed by atoms with E-state index in [9.17, 15) is 0 Å². The number of aromatic nitrogens is 2. The minimum Gasteiger partial charge on any atom is -0.208 e. The van der Waals surface area contributed by atoms with Crippen molar-refractivity contribution in [2.75, 3.05) is 0 Å². The van der Waals surface area contributed by atoms with Crippen molar-refractivity contribution in [1.29, 1.82) is 0 Å². The first-order chi connectivity index (χ1) is 24.3. The van der Waals surface area contributed by atoms with Crippen LogP contribution in [0.1, 0.15) is 22.3 Å². The minimum absolute atomic E-state index is 0.398. The molecule has 1 saturated carbocycles. The normalized spacial score (nSPS) is 24.7. The number of rotatable bonds is 2. The zero-order chi connectivity index (χ0) is 35.8. The van der Waals surface area contributed by atoms with Gasteiger partial charge in [0.2, 0.25) is 0 Å². The van der Waals surface area contributed by atoms with Gasteiger partial charge in [0.15, 0.2) is 24.8 Å². The molecule has 4 aromatic rings. The number of halogens is 6. The summed E-state index contributed by atoms with van der Waals surface area (Å²) in [5.74, 6) is -3.46. The monoisotopic (exact) mass is 724 g/mol. The highest BCUT2D eigenvalue weighted by Gasteiger charge is 2.85. The predicted octanol–water partition coefficient (Wildman–Crippen LogP) is 8.32. The third-order valence-electron chi connectivity index (χ3n) is 9.38. The molecule has 2 nitrogen and oxygen atoms in total. The zero-order valence-electron chi connectivity index (χ0n) is 27.0. The molecule has 10 heteroatoms. The lowest BCUT2D eigenvalue weighted by Gasteiger charge is -2.45. The van der Waals surface area contributed by atoms with Crippen LogP contribution >= 0.6 is 23.5 Å². The molecular formula is C41H26F6N2S2+2. The van der Waals surface area contributed by atoms with Gasteiger partial charge in [-0.1, -0.05) is 108 Å². The quantitative estimate of drug-likeness (QED) is 0.117. The molecule has 0 bridgehead atoms. The second kappa shape index (κ2) is 11.6. The summed E-state index contributed by atoms with van der Waals surface area (Å²) >= 11 is 2.17. The van der Waals surface area contributed by atoms with E-state index in [1.165, 1.54) is 12.2 Å². The van der Waals surface area contributed by atoms with Crippen LogP contribution in [0.4, 0.5) is 26.3 Å². The van der Waals surface area contributed by atoms with Crippen LogP contribution in [-0.4, -0.2) is 27.3 Å². The van der Waals surface area contributed by atoms with Crippen LogP contribution in [0.3, 0.4) is 0 Å². The number of benzene rings is 2. The number of thioether (sulfide) groups is 2. The number of hydrogen-bond acceptors (Lipinski definition) is 2. The maximum absolute atomic E-state index is 16.3. The third kappa shape index (κ3) is 4.80. The maximum Gasteiger partial charge on any atom is 0.380 e. The first-order valence-corrected chi connectivity index (χ1v) is 17.5. The largest absolute Gasteiger partial charge is 0.380 e. The molecule has 0 spiro atoms. The third-order valence-corrected chi connectivity index (χ3v) is 12.5. The van der Waals surface area contributed by atoms with Crippen LogP contribution in [0.15, 0.2) is 144 Å². The van der Waals surface area contributed by atoms with E-state index in [1.807, 2.05) is 14.1 Å². The summed E-state index contributed by atoms with van der Waals surface area (Å²) < 4.78 is 96.5. The van der Waals surface area contributed by atoms with Crippen molar-refractivity contribution in [2.45, 2.75) is 27.3 Å². The summed E-state index contributed by atoms with van der Waals surface area (Å²) in [5.41, 5.74) is -1.36. The molecule has 2 atom stereocenters. The van der Waals surface area contributed by atoms with Gasteiger partial charge in [-0.3, -0.25) is 0 Å². The fourth-order valence-electron chi connectivity index (χ4n) is 6.76. The Hall–Kier alpha value is -4.90. The molecule has 0 saturated heterocycles. The van der Waals surface area contributed by atoms with Crippen molar-refractivity contribution in [3.8, 4) is 23.7 Å². The molecule has 8 rings (SSSR count). The molecule has 252 valence electrons. The summed E-state index contributed by atoms with van der Waals surface area (Å²) in [5, 5.41) is 0. The minimum atomic E-state index is -5.72. The van der Waals surface area contributed by atoms with Crippen molar-refractivity contribution >= 4 is 33.3 Å². The molecule has 51 heavy (non-hydrogen) atoms. The van der Waals surface area contributed by atoms with Crippen molar-refractivity contribution in [1.82, 2.24) is 0 Å². The van der Waals surface area contributed by atoms with Gasteiger partial charge in [0.1, 0.15) is 23.6 Å². The van der Waals surface area contributed by atoms with Crippen LogP contribution in [0, 0.1) is 23.7 Å². The molecule has 2 aromatic heterocycles. The topological polar surface area (TPSA) is 7.76 Å². The standard InChI is InChI=1S/C41H26F6N2S2/c1-48-21-15-27(16-22-48)13-19-37-31(25-33(50-37)29-9-5-3-6-10-29)35-36(40(44,45)41(46,47)39(35,42)43)32-26-34(30-11-7-4-8-12-30)51-38(32,37)20-14-28-17-23-49(2)24-18-28/h3-12,15-18,21-26H,1-2H3/q+2. The number of alkyl halides is 6. The summed E-state index contributed by atoms with van der Waals surface area (Å²) in [6.07, 6.45) is 9.72. The van der Waals surface area contributed by atoms with Crippen LogP contribution in [0.2, 0.25) is 0 Å². The molecule has 2 aromatic carbocycles. The number of pyridine rings is 2. The van der Waals surface area contributed by atoms with E-state index in [2.05, 4.69) is 23.7 Å². The van der Waals surface area contributed by atoms with E-state index < -0.39 is 49.6 Å². The molecule has 2 aliphatic carbocycles. The van der Waals surface area contributed by atoms with E-state index in [1.54, 1.807) is 119 Å². The van der Waals surface area contributed by atoms with Gasteiger partial charge in [0.05, 0.1) is 0 Å². The van der Waals surface area contributed by atoms with E-state index >= 15 is 26.3 Å². The van der Waals surface area contributed by atoms with Crippen molar-refractivity contribution in [3.63, 3.8) is 0 Å². The fraction of sp³-hybridized carbons (Fsp3) is 0.171. The van der Waals surface area contributed by atoms with Crippen LogP contribution < -0.4 is 9.13 Å². The predicted molar refractivity (Wildman–Crippen MR) is 187 cm³/mol. The van der Waals surface area contributed by atoms with Gasteiger partial charge in [-0.2, -0.15) is 26.3 Å². The maximum atomic E-state index is 16.3. The Kier molecular flexibility index (Phi) is 7.54. The second-order valence-electron chi connectivity index (χ2n) is 12.6. The lowest BCUT2D eigenvalue weighted by Crippen LogP contribution is -2.51. The molecule has 0 radical (unpaired) electrons. The molecule has 2 aliphatic heterocycles. The van der Waals surface area contributed by atoms with Crippen molar-refractivity contribution in [3.05, 3.63) is 166 Å². The van der Waals surface area contributed by atoms with Gasteiger partial charge >= 0.3 is 17.8 Å². The van der Waals surface area contributed by atoms with Gasteiger partial charge in [0.25, 0.3) is 0 Å². The average molecular weight is 725 g/mol. The van der Waals surface area contributed by atoms with E-state index in [0.717, 1.165) is 23.5 Å². The van der Waals surface area contributed by atoms with E-state index in [0.29, 0.717) is 32.1 Å². The highest BCUT2D eigenvalue weighted by atomic mass is 32.2. The van der Waals surface area contributed by atoms with Crippen LogP contribution in [0.25, 0.3) is 9.81 Å². The Morgan fingerprint density at radius 3 is 1.22 bits per heavy atom. The van der Waals surface area contributed by atoms with Gasteiger partial charge in [-0.15, -0.1) is 0 Å². The smallest absolute Gasteiger partial charge is 0.208 e. The second-order valence-corrected chi connectivity index (χ2v) is 15.1. The highest BCUT2D eigenvalue weighted by Crippen LogP contribution is 2.75. The molecule has 1 fully saturated rings. The fourth-order valence-corrected chi connectivity index (χ4v) is 9.88. The lowest BCUT2D eigenvalue weighted by atomic mass is 9.70. The Bertz CT molecular complexity index is 2190. The molecule has 0 N–H and O–H groups in total. The van der Waals surface area contributed by atoms with Gasteiger partial charge in [0, 0.05) is 56.3 Å². The Balaban J connectivity index is 1.52. The zero-order valence-corrected chi connectivity index (χ0v) is 28.7. The molecule has 4 heterocycles. The molecular weight excluding hydrogens is 699 g/mol. The van der Waals surface area contributed by atoms with Gasteiger partial charge < -0.3 is 0 Å². The molecule has 4 aliphatic rings. The van der Waals surface area contributed by atoms with Crippen molar-refractivity contribution < 1.29 is 35.5 Å². The summed E-state index contributed by atoms with van der Waals surface area (Å²) in [4.78, 5) is 0.840. The summed E-state index contributed by atoms with van der Waals surface area (Å²) in [6.45, 7) is 0. The Morgan fingerprint density at radius 2 is 0.863 bits per heavy atom. The number of fused-ring (bicyclic) bond motifs is 4. The molecule has 2 unspecified atom stereocenters. The number of hydrogen-bond donors (Lipinski definition) is 0. The average Bonchev–Trinajstić information content (AvgIpc) is 3.74. The van der Waals surface area contributed by atoms with Crippen LogP contribution in [0.5, 0.6) is 0 Å².